The minimum absolute atomic E-state index is 0.0194. The quantitative estimate of drug-likeness (QED) is 0.452. The summed E-state index contributed by atoms with van der Waals surface area (Å²) < 4.78 is 0. The molecule has 3 aromatic rings. The lowest BCUT2D eigenvalue weighted by Gasteiger charge is -2.33. The standard InChI is InChI=1S/C26H29N5O3/c27-21(12-19-15-28-23-4-2-1-3-20(19)23)26(34)31-9-7-16(8-10-31)14-29-25(33)17-5-6-22-18(11-17)13-24(32)30-22/h1-6,11,15-16,21,28H,7-10,12-14,27H2,(H,29,33)(H,30,32). The molecular formula is C26H29N5O3. The molecule has 0 bridgehead atoms. The molecule has 5 rings (SSSR count). The van der Waals surface area contributed by atoms with Gasteiger partial charge in [-0.15, -0.1) is 0 Å². The van der Waals surface area contributed by atoms with E-state index < -0.39 is 6.04 Å². The van der Waals surface area contributed by atoms with Crippen molar-refractivity contribution in [2.45, 2.75) is 31.7 Å². The van der Waals surface area contributed by atoms with Gasteiger partial charge in [0.05, 0.1) is 12.5 Å². The number of anilines is 1. The maximum Gasteiger partial charge on any atom is 0.251 e. The molecular weight excluding hydrogens is 430 g/mol. The highest BCUT2D eigenvalue weighted by Crippen LogP contribution is 2.24. The van der Waals surface area contributed by atoms with E-state index in [4.69, 9.17) is 5.73 Å². The first-order valence-corrected chi connectivity index (χ1v) is 11.8. The highest BCUT2D eigenvalue weighted by molar-refractivity contribution is 6.01. The average Bonchev–Trinajstić information content (AvgIpc) is 3.44. The van der Waals surface area contributed by atoms with Gasteiger partial charge in [0, 0.05) is 48.0 Å². The van der Waals surface area contributed by atoms with Crippen LogP contribution in [0.3, 0.4) is 0 Å². The first-order valence-electron chi connectivity index (χ1n) is 11.8. The molecule has 1 unspecified atom stereocenters. The molecule has 2 aliphatic rings. The van der Waals surface area contributed by atoms with E-state index in [-0.39, 0.29) is 17.7 Å². The third-order valence-corrected chi connectivity index (χ3v) is 6.90. The molecule has 8 heteroatoms. The SMILES string of the molecule is NC(Cc1c[nH]c2ccccc12)C(=O)N1CCC(CNC(=O)c2ccc3c(c2)CC(=O)N3)CC1. The number of benzene rings is 2. The number of hydrogen-bond acceptors (Lipinski definition) is 4. The van der Waals surface area contributed by atoms with E-state index >= 15 is 0 Å². The second kappa shape index (κ2) is 9.30. The molecule has 3 heterocycles. The third-order valence-electron chi connectivity index (χ3n) is 6.90. The van der Waals surface area contributed by atoms with Crippen LogP contribution in [-0.2, 0) is 22.4 Å². The lowest BCUT2D eigenvalue weighted by atomic mass is 9.95. The number of rotatable bonds is 6. The summed E-state index contributed by atoms with van der Waals surface area (Å²) in [6.07, 6.45) is 4.40. The normalized spacial score (nSPS) is 16.9. The lowest BCUT2D eigenvalue weighted by molar-refractivity contribution is -0.134. The van der Waals surface area contributed by atoms with E-state index in [0.29, 0.717) is 44.0 Å². The maximum absolute atomic E-state index is 12.9. The number of nitrogens with zero attached hydrogens (tertiary/aromatic N) is 1. The summed E-state index contributed by atoms with van der Waals surface area (Å²) in [5, 5.41) is 6.89. The van der Waals surface area contributed by atoms with E-state index in [2.05, 4.69) is 15.6 Å². The zero-order valence-electron chi connectivity index (χ0n) is 19.0. The van der Waals surface area contributed by atoms with E-state index in [1.807, 2.05) is 35.4 Å². The van der Waals surface area contributed by atoms with Crippen LogP contribution in [0.5, 0.6) is 0 Å². The van der Waals surface area contributed by atoms with Gasteiger partial charge in [0.25, 0.3) is 5.91 Å². The number of para-hydroxylation sites is 1. The van der Waals surface area contributed by atoms with Crippen LogP contribution in [0.2, 0.25) is 0 Å². The second-order valence-electron chi connectivity index (χ2n) is 9.25. The number of likely N-dealkylation sites (tertiary alicyclic amines) is 1. The van der Waals surface area contributed by atoms with Crippen molar-refractivity contribution in [2.24, 2.45) is 11.7 Å². The number of amides is 3. The molecule has 8 nitrogen and oxygen atoms in total. The van der Waals surface area contributed by atoms with Gasteiger partial charge in [-0.25, -0.2) is 0 Å². The Labute approximate surface area is 197 Å². The average molecular weight is 460 g/mol. The minimum Gasteiger partial charge on any atom is -0.361 e. The molecule has 176 valence electrons. The Balaban J connectivity index is 1.09. The highest BCUT2D eigenvalue weighted by atomic mass is 16.2. The van der Waals surface area contributed by atoms with Crippen molar-refractivity contribution in [3.63, 3.8) is 0 Å². The van der Waals surface area contributed by atoms with Gasteiger partial charge in [-0.1, -0.05) is 18.2 Å². The topological polar surface area (TPSA) is 120 Å². The lowest BCUT2D eigenvalue weighted by Crippen LogP contribution is -2.49. The van der Waals surface area contributed by atoms with Crippen molar-refractivity contribution >= 4 is 34.3 Å². The van der Waals surface area contributed by atoms with Crippen LogP contribution in [0, 0.1) is 5.92 Å². The molecule has 0 aliphatic carbocycles. The van der Waals surface area contributed by atoms with E-state index in [1.165, 1.54) is 0 Å². The molecule has 1 atom stereocenters. The summed E-state index contributed by atoms with van der Waals surface area (Å²) in [6, 6.07) is 12.7. The van der Waals surface area contributed by atoms with Crippen molar-refractivity contribution in [1.82, 2.24) is 15.2 Å². The van der Waals surface area contributed by atoms with Gasteiger partial charge in [0.15, 0.2) is 0 Å². The Morgan fingerprint density at radius 1 is 1.15 bits per heavy atom. The van der Waals surface area contributed by atoms with E-state index in [0.717, 1.165) is 40.6 Å². The Morgan fingerprint density at radius 2 is 1.94 bits per heavy atom. The molecule has 3 amide bonds. The van der Waals surface area contributed by atoms with Crippen molar-refractivity contribution in [3.05, 3.63) is 65.4 Å². The van der Waals surface area contributed by atoms with Crippen molar-refractivity contribution < 1.29 is 14.4 Å². The number of aromatic amines is 1. The maximum atomic E-state index is 12.9. The van der Waals surface area contributed by atoms with Crippen LogP contribution in [0.25, 0.3) is 10.9 Å². The van der Waals surface area contributed by atoms with Crippen LogP contribution >= 0.6 is 0 Å². The Kier molecular flexibility index (Phi) is 6.06. The first-order chi connectivity index (χ1) is 16.5. The molecule has 0 saturated carbocycles. The number of nitrogens with two attached hydrogens (primary N) is 1. The van der Waals surface area contributed by atoms with Gasteiger partial charge in [0.2, 0.25) is 11.8 Å². The van der Waals surface area contributed by atoms with Gasteiger partial charge in [-0.05, 0) is 60.6 Å². The first kappa shape index (κ1) is 22.2. The molecule has 1 fully saturated rings. The van der Waals surface area contributed by atoms with Crippen LogP contribution < -0.4 is 16.4 Å². The molecule has 0 spiro atoms. The summed E-state index contributed by atoms with van der Waals surface area (Å²) in [4.78, 5) is 42.1. The number of piperidine rings is 1. The van der Waals surface area contributed by atoms with Gasteiger partial charge in [-0.2, -0.15) is 0 Å². The smallest absolute Gasteiger partial charge is 0.251 e. The molecule has 1 saturated heterocycles. The monoisotopic (exact) mass is 459 g/mol. The highest BCUT2D eigenvalue weighted by Gasteiger charge is 2.27. The van der Waals surface area contributed by atoms with Crippen molar-refractivity contribution in [2.75, 3.05) is 25.0 Å². The predicted octanol–water partition coefficient (Wildman–Crippen LogP) is 2.20. The molecule has 1 aromatic heterocycles. The van der Waals surface area contributed by atoms with E-state index in [9.17, 15) is 14.4 Å². The second-order valence-corrected chi connectivity index (χ2v) is 9.25. The zero-order chi connectivity index (χ0) is 23.7. The van der Waals surface area contributed by atoms with Crippen molar-refractivity contribution in [3.8, 4) is 0 Å². The number of hydrogen-bond donors (Lipinski definition) is 4. The fourth-order valence-corrected chi connectivity index (χ4v) is 4.93. The van der Waals surface area contributed by atoms with Gasteiger partial charge < -0.3 is 26.3 Å². The summed E-state index contributed by atoms with van der Waals surface area (Å²) in [7, 11) is 0. The number of H-pyrrole nitrogens is 1. The zero-order valence-corrected chi connectivity index (χ0v) is 19.0. The van der Waals surface area contributed by atoms with Crippen LogP contribution in [0.4, 0.5) is 5.69 Å². The Morgan fingerprint density at radius 3 is 2.76 bits per heavy atom. The number of fused-ring (bicyclic) bond motifs is 2. The fraction of sp³-hybridized carbons (Fsp3) is 0.346. The Bertz CT molecular complexity index is 1240. The van der Waals surface area contributed by atoms with E-state index in [1.54, 1.807) is 18.2 Å². The summed E-state index contributed by atoms with van der Waals surface area (Å²) in [5.74, 6) is 0.112. The molecule has 2 aromatic carbocycles. The summed E-state index contributed by atoms with van der Waals surface area (Å²) >= 11 is 0. The number of carbonyl (C=O) groups excluding carboxylic acids is 3. The van der Waals surface area contributed by atoms with Crippen LogP contribution in [0.1, 0.15) is 34.3 Å². The fourth-order valence-electron chi connectivity index (χ4n) is 4.93. The third kappa shape index (κ3) is 4.54. The van der Waals surface area contributed by atoms with Gasteiger partial charge in [-0.3, -0.25) is 14.4 Å². The number of carbonyl (C=O) groups is 3. The van der Waals surface area contributed by atoms with Gasteiger partial charge in [0.1, 0.15) is 0 Å². The summed E-state index contributed by atoms with van der Waals surface area (Å²) in [6.45, 7) is 1.86. The molecule has 34 heavy (non-hydrogen) atoms. The minimum atomic E-state index is -0.573. The van der Waals surface area contributed by atoms with Crippen molar-refractivity contribution in [1.29, 1.82) is 0 Å². The van der Waals surface area contributed by atoms with Gasteiger partial charge >= 0.3 is 0 Å². The summed E-state index contributed by atoms with van der Waals surface area (Å²) in [5.41, 5.74) is 10.6. The molecule has 5 N–H and O–H groups in total. The molecule has 2 aliphatic heterocycles. The number of aromatic nitrogens is 1. The molecule has 0 radical (unpaired) electrons. The number of nitrogens with one attached hydrogen (secondary N) is 3. The van der Waals surface area contributed by atoms with Crippen LogP contribution in [0.15, 0.2) is 48.7 Å². The predicted molar refractivity (Wildman–Crippen MR) is 130 cm³/mol. The largest absolute Gasteiger partial charge is 0.361 e. The Hall–Kier alpha value is -3.65. The van der Waals surface area contributed by atoms with Crippen LogP contribution in [-0.4, -0.2) is 53.3 Å².